The molecule has 1 aromatic rings. The van der Waals surface area contributed by atoms with Crippen molar-refractivity contribution in [1.82, 2.24) is 4.90 Å². The van der Waals surface area contributed by atoms with Gasteiger partial charge in [0.1, 0.15) is 0 Å². The van der Waals surface area contributed by atoms with Crippen molar-refractivity contribution in [3.05, 3.63) is 38.9 Å². The van der Waals surface area contributed by atoms with Gasteiger partial charge in [-0.2, -0.15) is 0 Å². The van der Waals surface area contributed by atoms with Crippen LogP contribution < -0.4 is 0 Å². The summed E-state index contributed by atoms with van der Waals surface area (Å²) in [5.41, 5.74) is 0.735. The summed E-state index contributed by atoms with van der Waals surface area (Å²) in [5, 5.41) is 11.4. The Kier molecular flexibility index (Phi) is 5.74. The molecule has 0 unspecified atom stereocenters. The van der Waals surface area contributed by atoms with Crippen molar-refractivity contribution in [2.45, 2.75) is 26.3 Å². The molecule has 0 bridgehead atoms. The lowest BCUT2D eigenvalue weighted by molar-refractivity contribution is -0.384. The molecule has 22 heavy (non-hydrogen) atoms. The molecule has 2 rings (SSSR count). The number of piperidine rings is 1. The van der Waals surface area contributed by atoms with Crippen LogP contribution in [0.1, 0.15) is 25.3 Å². The van der Waals surface area contributed by atoms with Gasteiger partial charge in [-0.3, -0.25) is 19.8 Å². The van der Waals surface area contributed by atoms with E-state index < -0.39 is 4.92 Å². The van der Waals surface area contributed by atoms with Gasteiger partial charge in [-0.25, -0.2) is 0 Å². The summed E-state index contributed by atoms with van der Waals surface area (Å²) < 4.78 is 5.07. The average Bonchev–Trinajstić information content (AvgIpc) is 2.50. The highest BCUT2D eigenvalue weighted by Crippen LogP contribution is 2.26. The van der Waals surface area contributed by atoms with Gasteiger partial charge in [-0.1, -0.05) is 11.6 Å². The maximum atomic E-state index is 11.8. The number of carbonyl (C=O) groups is 1. The number of hydrogen-bond acceptors (Lipinski definition) is 5. The first-order valence-electron chi connectivity index (χ1n) is 7.33. The molecule has 1 aliphatic rings. The number of nitro benzene ring substituents is 1. The van der Waals surface area contributed by atoms with E-state index in [4.69, 9.17) is 16.3 Å². The van der Waals surface area contributed by atoms with Gasteiger partial charge < -0.3 is 4.74 Å². The summed E-state index contributed by atoms with van der Waals surface area (Å²) in [6, 6.07) is 4.43. The van der Waals surface area contributed by atoms with E-state index in [1.807, 2.05) is 0 Å². The Morgan fingerprint density at radius 2 is 2.32 bits per heavy atom. The second kappa shape index (κ2) is 7.56. The number of nitro groups is 1. The predicted molar refractivity (Wildman–Crippen MR) is 82.7 cm³/mol. The van der Waals surface area contributed by atoms with Crippen molar-refractivity contribution in [2.75, 3.05) is 19.7 Å². The third-order valence-corrected chi connectivity index (χ3v) is 4.13. The van der Waals surface area contributed by atoms with Crippen LogP contribution in [0.5, 0.6) is 0 Å². The van der Waals surface area contributed by atoms with Crippen LogP contribution in [-0.4, -0.2) is 35.5 Å². The van der Waals surface area contributed by atoms with E-state index in [2.05, 4.69) is 4.90 Å². The van der Waals surface area contributed by atoms with Crippen molar-refractivity contribution in [3.63, 3.8) is 0 Å². The van der Waals surface area contributed by atoms with Gasteiger partial charge >= 0.3 is 5.97 Å². The van der Waals surface area contributed by atoms with E-state index in [1.165, 1.54) is 12.1 Å². The van der Waals surface area contributed by atoms with Crippen molar-refractivity contribution in [1.29, 1.82) is 0 Å². The van der Waals surface area contributed by atoms with Crippen molar-refractivity contribution in [2.24, 2.45) is 5.92 Å². The van der Waals surface area contributed by atoms with Gasteiger partial charge in [-0.15, -0.1) is 0 Å². The molecule has 0 N–H and O–H groups in total. The zero-order valence-electron chi connectivity index (χ0n) is 12.5. The lowest BCUT2D eigenvalue weighted by Crippen LogP contribution is -2.39. The Balaban J connectivity index is 2.05. The lowest BCUT2D eigenvalue weighted by atomic mass is 9.97. The maximum Gasteiger partial charge on any atom is 0.310 e. The number of ether oxygens (including phenoxy) is 1. The SMILES string of the molecule is CCOC(=O)[C@H]1CCCN(Cc2cc([N+](=O)[O-])ccc2Cl)C1. The van der Waals surface area contributed by atoms with Crippen molar-refractivity contribution in [3.8, 4) is 0 Å². The number of hydrogen-bond donors (Lipinski definition) is 0. The first-order valence-corrected chi connectivity index (χ1v) is 7.71. The van der Waals surface area contributed by atoms with Gasteiger partial charge in [0.25, 0.3) is 5.69 Å². The Morgan fingerprint density at radius 3 is 3.00 bits per heavy atom. The second-order valence-electron chi connectivity index (χ2n) is 5.36. The minimum absolute atomic E-state index is 0.0263. The molecule has 0 radical (unpaired) electrons. The number of likely N-dealkylation sites (tertiary alicyclic amines) is 1. The third kappa shape index (κ3) is 4.18. The summed E-state index contributed by atoms with van der Waals surface area (Å²) >= 11 is 6.13. The van der Waals surface area contributed by atoms with Gasteiger partial charge in [0.2, 0.25) is 0 Å². The van der Waals surface area contributed by atoms with Crippen LogP contribution in [0.2, 0.25) is 5.02 Å². The molecule has 1 heterocycles. The number of rotatable bonds is 5. The number of nitrogens with zero attached hydrogens (tertiary/aromatic N) is 2. The molecule has 1 fully saturated rings. The molecule has 1 aromatic carbocycles. The fourth-order valence-corrected chi connectivity index (χ4v) is 2.87. The molecule has 0 amide bonds. The predicted octanol–water partition coefficient (Wildman–Crippen LogP) is 3.02. The smallest absolute Gasteiger partial charge is 0.310 e. The summed E-state index contributed by atoms with van der Waals surface area (Å²) in [4.78, 5) is 24.4. The van der Waals surface area contributed by atoms with Gasteiger partial charge in [-0.05, 0) is 37.9 Å². The van der Waals surface area contributed by atoms with Crippen LogP contribution in [0.4, 0.5) is 5.69 Å². The molecule has 1 saturated heterocycles. The van der Waals surface area contributed by atoms with E-state index in [0.29, 0.717) is 30.3 Å². The van der Waals surface area contributed by atoms with Crippen molar-refractivity contribution >= 4 is 23.3 Å². The minimum Gasteiger partial charge on any atom is -0.466 e. The first kappa shape index (κ1) is 16.7. The highest BCUT2D eigenvalue weighted by molar-refractivity contribution is 6.31. The number of halogens is 1. The molecule has 6 nitrogen and oxygen atoms in total. The molecule has 0 spiro atoms. The zero-order valence-corrected chi connectivity index (χ0v) is 13.2. The summed E-state index contributed by atoms with van der Waals surface area (Å²) in [6.45, 7) is 4.11. The second-order valence-corrected chi connectivity index (χ2v) is 5.77. The molecule has 7 heteroatoms. The Hall–Kier alpha value is -1.66. The minimum atomic E-state index is -0.433. The number of esters is 1. The zero-order chi connectivity index (χ0) is 16.1. The standard InChI is InChI=1S/C15H19ClN2O4/c1-2-22-15(19)11-4-3-7-17(9-11)10-12-8-13(18(20)21)5-6-14(12)16/h5-6,8,11H,2-4,7,9-10H2,1H3/t11-/m0/s1. The van der Waals surface area contributed by atoms with Crippen LogP contribution >= 0.6 is 11.6 Å². The first-order chi connectivity index (χ1) is 10.5. The number of carbonyl (C=O) groups excluding carboxylic acids is 1. The largest absolute Gasteiger partial charge is 0.466 e. The Morgan fingerprint density at radius 1 is 1.55 bits per heavy atom. The molecular formula is C15H19ClN2O4. The third-order valence-electron chi connectivity index (χ3n) is 3.76. The van der Waals surface area contributed by atoms with Crippen LogP contribution in [0.15, 0.2) is 18.2 Å². The summed E-state index contributed by atoms with van der Waals surface area (Å²) in [6.07, 6.45) is 1.72. The lowest BCUT2D eigenvalue weighted by Gasteiger charge is -2.31. The van der Waals surface area contributed by atoms with Crippen LogP contribution in [0.25, 0.3) is 0 Å². The molecule has 0 aromatic heterocycles. The molecular weight excluding hydrogens is 308 g/mol. The Labute approximate surface area is 134 Å². The van der Waals surface area contributed by atoms with E-state index in [0.717, 1.165) is 19.4 Å². The fourth-order valence-electron chi connectivity index (χ4n) is 2.69. The van der Waals surface area contributed by atoms with Crippen LogP contribution in [0, 0.1) is 16.0 Å². The molecule has 0 saturated carbocycles. The van der Waals surface area contributed by atoms with Crippen LogP contribution in [0.3, 0.4) is 0 Å². The normalized spacial score (nSPS) is 18.9. The van der Waals surface area contributed by atoms with E-state index in [-0.39, 0.29) is 17.6 Å². The number of non-ortho nitro benzene ring substituents is 1. The fraction of sp³-hybridized carbons (Fsp3) is 0.533. The van der Waals surface area contributed by atoms with E-state index in [1.54, 1.807) is 13.0 Å². The quantitative estimate of drug-likeness (QED) is 0.472. The topological polar surface area (TPSA) is 72.7 Å². The highest BCUT2D eigenvalue weighted by Gasteiger charge is 2.27. The van der Waals surface area contributed by atoms with Crippen molar-refractivity contribution < 1.29 is 14.5 Å². The Bertz CT molecular complexity index is 564. The van der Waals surface area contributed by atoms with Gasteiger partial charge in [0.05, 0.1) is 17.4 Å². The molecule has 1 atom stereocenters. The van der Waals surface area contributed by atoms with E-state index >= 15 is 0 Å². The average molecular weight is 327 g/mol. The van der Waals surface area contributed by atoms with Gasteiger partial charge in [0.15, 0.2) is 0 Å². The summed E-state index contributed by atoms with van der Waals surface area (Å²) in [5.74, 6) is -0.302. The molecule has 0 aliphatic carbocycles. The van der Waals surface area contributed by atoms with Crippen LogP contribution in [-0.2, 0) is 16.1 Å². The van der Waals surface area contributed by atoms with E-state index in [9.17, 15) is 14.9 Å². The highest BCUT2D eigenvalue weighted by atomic mass is 35.5. The summed E-state index contributed by atoms with van der Waals surface area (Å²) in [7, 11) is 0. The molecule has 1 aliphatic heterocycles. The molecule has 120 valence electrons. The monoisotopic (exact) mass is 326 g/mol. The van der Waals surface area contributed by atoms with Gasteiger partial charge in [0, 0.05) is 30.2 Å². The maximum absolute atomic E-state index is 11.8. The number of benzene rings is 1.